The first-order valence-electron chi connectivity index (χ1n) is 8.48. The van der Waals surface area contributed by atoms with Gasteiger partial charge in [0.1, 0.15) is 10.8 Å². The van der Waals surface area contributed by atoms with E-state index in [1.807, 2.05) is 19.1 Å². The zero-order valence-corrected chi connectivity index (χ0v) is 16.0. The van der Waals surface area contributed by atoms with Crippen LogP contribution in [0.1, 0.15) is 37.1 Å². The van der Waals surface area contributed by atoms with E-state index in [1.54, 1.807) is 30.6 Å². The number of rotatable bonds is 6. The van der Waals surface area contributed by atoms with Crippen molar-refractivity contribution in [1.82, 2.24) is 10.3 Å². The minimum absolute atomic E-state index is 0.157. The summed E-state index contributed by atoms with van der Waals surface area (Å²) < 4.78 is 5.24. The quantitative estimate of drug-likeness (QED) is 0.708. The Hall–Kier alpha value is -2.66. The van der Waals surface area contributed by atoms with E-state index in [1.165, 1.54) is 16.0 Å². The molecule has 1 heterocycles. The fourth-order valence-corrected chi connectivity index (χ4v) is 3.75. The third kappa shape index (κ3) is 4.29. The molecule has 0 fully saturated rings. The molecule has 4 nitrogen and oxygen atoms in total. The fourth-order valence-electron chi connectivity index (χ4n) is 2.70. The number of aryl methyl sites for hydroxylation is 2. The van der Waals surface area contributed by atoms with Crippen molar-refractivity contribution in [2.24, 2.45) is 0 Å². The van der Waals surface area contributed by atoms with Crippen LogP contribution in [0.5, 0.6) is 5.75 Å². The lowest BCUT2D eigenvalue weighted by molar-refractivity contribution is 0.0948. The van der Waals surface area contributed by atoms with Gasteiger partial charge in [0.25, 0.3) is 5.91 Å². The summed E-state index contributed by atoms with van der Waals surface area (Å²) in [4.78, 5) is 18.2. The number of amides is 1. The zero-order chi connectivity index (χ0) is 18.5. The molecule has 0 atom stereocenters. The van der Waals surface area contributed by atoms with Crippen LogP contribution in [0, 0.1) is 13.8 Å². The minimum Gasteiger partial charge on any atom is -0.496 e. The van der Waals surface area contributed by atoms with Crippen LogP contribution >= 0.6 is 11.3 Å². The molecule has 3 aromatic rings. The summed E-state index contributed by atoms with van der Waals surface area (Å²) in [5.74, 6) is 0.413. The van der Waals surface area contributed by atoms with Crippen molar-refractivity contribution < 1.29 is 9.53 Å². The lowest BCUT2D eigenvalue weighted by Gasteiger charge is -2.07. The van der Waals surface area contributed by atoms with Crippen LogP contribution < -0.4 is 10.1 Å². The van der Waals surface area contributed by atoms with Crippen molar-refractivity contribution in [3.05, 3.63) is 80.8 Å². The second-order valence-electron chi connectivity index (χ2n) is 6.16. The lowest BCUT2D eigenvalue weighted by atomic mass is 10.1. The maximum absolute atomic E-state index is 12.4. The number of nitrogens with one attached hydrogen (secondary N) is 1. The predicted octanol–water partition coefficient (Wildman–Crippen LogP) is 4.29. The topological polar surface area (TPSA) is 51.2 Å². The third-order valence-corrected chi connectivity index (χ3v) is 5.33. The number of para-hydroxylation sites is 1. The predicted molar refractivity (Wildman–Crippen MR) is 105 cm³/mol. The van der Waals surface area contributed by atoms with Gasteiger partial charge in [0.05, 0.1) is 24.9 Å². The van der Waals surface area contributed by atoms with Crippen LogP contribution in [0.25, 0.3) is 0 Å². The first-order chi connectivity index (χ1) is 12.6. The van der Waals surface area contributed by atoms with Gasteiger partial charge in [0.2, 0.25) is 0 Å². The van der Waals surface area contributed by atoms with Crippen molar-refractivity contribution in [2.75, 3.05) is 7.11 Å². The summed E-state index contributed by atoms with van der Waals surface area (Å²) in [5.41, 5.74) is 4.08. The summed E-state index contributed by atoms with van der Waals surface area (Å²) in [7, 11) is 1.56. The van der Waals surface area contributed by atoms with Gasteiger partial charge in [-0.2, -0.15) is 0 Å². The maximum atomic E-state index is 12.4. The second-order valence-corrected chi connectivity index (χ2v) is 7.33. The van der Waals surface area contributed by atoms with Crippen molar-refractivity contribution in [3.63, 3.8) is 0 Å². The number of aromatic nitrogens is 1. The number of ether oxygens (including phenoxy) is 1. The molecule has 26 heavy (non-hydrogen) atoms. The van der Waals surface area contributed by atoms with Crippen LogP contribution in [0.3, 0.4) is 0 Å². The molecule has 0 aliphatic carbocycles. The minimum atomic E-state index is -0.157. The highest BCUT2D eigenvalue weighted by Gasteiger charge is 2.13. The first-order valence-corrected chi connectivity index (χ1v) is 9.30. The highest BCUT2D eigenvalue weighted by molar-refractivity contribution is 7.11. The van der Waals surface area contributed by atoms with Gasteiger partial charge in [-0.1, -0.05) is 42.0 Å². The van der Waals surface area contributed by atoms with Crippen LogP contribution in [-0.2, 0) is 13.0 Å². The van der Waals surface area contributed by atoms with Gasteiger partial charge in [0, 0.05) is 11.3 Å². The molecule has 0 spiro atoms. The molecule has 3 rings (SSSR count). The second kappa shape index (κ2) is 8.15. The Morgan fingerprint density at radius 1 is 1.12 bits per heavy atom. The highest BCUT2D eigenvalue weighted by atomic mass is 32.1. The van der Waals surface area contributed by atoms with E-state index in [2.05, 4.69) is 41.5 Å². The number of carbonyl (C=O) groups excluding carboxylic acids is 1. The van der Waals surface area contributed by atoms with E-state index in [4.69, 9.17) is 4.74 Å². The Morgan fingerprint density at radius 2 is 1.85 bits per heavy atom. The Kier molecular flexibility index (Phi) is 5.68. The average Bonchev–Trinajstić information content (AvgIpc) is 3.01. The number of benzene rings is 2. The van der Waals surface area contributed by atoms with Gasteiger partial charge in [-0.25, -0.2) is 4.98 Å². The first kappa shape index (κ1) is 18.1. The molecule has 1 aromatic heterocycles. The molecule has 1 amide bonds. The Balaban J connectivity index is 1.65. The van der Waals surface area contributed by atoms with E-state index in [0.29, 0.717) is 17.9 Å². The van der Waals surface area contributed by atoms with Crippen LogP contribution in [0.15, 0.2) is 48.5 Å². The van der Waals surface area contributed by atoms with Crippen LogP contribution in [-0.4, -0.2) is 18.0 Å². The molecule has 0 bridgehead atoms. The van der Waals surface area contributed by atoms with E-state index >= 15 is 0 Å². The number of hydrogen-bond acceptors (Lipinski definition) is 4. The summed E-state index contributed by atoms with van der Waals surface area (Å²) in [6, 6.07) is 15.8. The average molecular weight is 366 g/mol. The summed E-state index contributed by atoms with van der Waals surface area (Å²) >= 11 is 1.65. The van der Waals surface area contributed by atoms with Crippen molar-refractivity contribution in [2.45, 2.75) is 26.8 Å². The molecule has 0 radical (unpaired) electrons. The van der Waals surface area contributed by atoms with Gasteiger partial charge in [-0.3, -0.25) is 4.79 Å². The van der Waals surface area contributed by atoms with Crippen LogP contribution in [0.4, 0.5) is 0 Å². The monoisotopic (exact) mass is 366 g/mol. The smallest absolute Gasteiger partial charge is 0.255 e. The van der Waals surface area contributed by atoms with E-state index in [9.17, 15) is 4.79 Å². The summed E-state index contributed by atoms with van der Waals surface area (Å²) in [5, 5.41) is 3.84. The third-order valence-electron chi connectivity index (χ3n) is 4.17. The van der Waals surface area contributed by atoms with Gasteiger partial charge in [-0.05, 0) is 31.5 Å². The molecule has 0 unspecified atom stereocenters. The van der Waals surface area contributed by atoms with Gasteiger partial charge >= 0.3 is 0 Å². The van der Waals surface area contributed by atoms with Crippen molar-refractivity contribution in [1.29, 1.82) is 0 Å². The number of carbonyl (C=O) groups is 1. The van der Waals surface area contributed by atoms with Gasteiger partial charge < -0.3 is 10.1 Å². The molecule has 0 aliphatic heterocycles. The van der Waals surface area contributed by atoms with Crippen LogP contribution in [0.2, 0.25) is 0 Å². The Labute approximate surface area is 157 Å². The maximum Gasteiger partial charge on any atom is 0.255 e. The fraction of sp³-hybridized carbons (Fsp3) is 0.238. The molecule has 1 N–H and O–H groups in total. The van der Waals surface area contributed by atoms with E-state index < -0.39 is 0 Å². The molecule has 134 valence electrons. The largest absolute Gasteiger partial charge is 0.496 e. The Morgan fingerprint density at radius 3 is 2.58 bits per heavy atom. The number of thiazole rings is 1. The van der Waals surface area contributed by atoms with E-state index in [0.717, 1.165) is 17.1 Å². The lowest BCUT2D eigenvalue weighted by Crippen LogP contribution is -2.23. The standard InChI is InChI=1S/C21H22N2O2S/c1-14-8-10-16(11-9-14)12-19-15(2)23-20(26-19)13-22-21(24)17-6-4-5-7-18(17)25-3/h4-11H,12-13H2,1-3H3,(H,22,24). The highest BCUT2D eigenvalue weighted by Crippen LogP contribution is 2.22. The van der Waals surface area contributed by atoms with Gasteiger partial charge in [0.15, 0.2) is 0 Å². The number of hydrogen-bond donors (Lipinski definition) is 1. The molecule has 0 aliphatic rings. The van der Waals surface area contributed by atoms with Crippen molar-refractivity contribution >= 4 is 17.2 Å². The number of methoxy groups -OCH3 is 1. The molecule has 0 saturated heterocycles. The molecule has 2 aromatic carbocycles. The molecular formula is C21H22N2O2S. The SMILES string of the molecule is COc1ccccc1C(=O)NCc1nc(C)c(Cc2ccc(C)cc2)s1. The van der Waals surface area contributed by atoms with E-state index in [-0.39, 0.29) is 5.91 Å². The molecule has 5 heteroatoms. The van der Waals surface area contributed by atoms with Crippen molar-refractivity contribution in [3.8, 4) is 5.75 Å². The summed E-state index contributed by atoms with van der Waals surface area (Å²) in [6.07, 6.45) is 0.865. The Bertz CT molecular complexity index is 901. The summed E-state index contributed by atoms with van der Waals surface area (Å²) in [6.45, 7) is 4.52. The van der Waals surface area contributed by atoms with Gasteiger partial charge in [-0.15, -0.1) is 11.3 Å². The molecular weight excluding hydrogens is 344 g/mol. The number of nitrogens with zero attached hydrogens (tertiary/aromatic N) is 1. The normalized spacial score (nSPS) is 10.6. The zero-order valence-electron chi connectivity index (χ0n) is 15.2. The molecule has 0 saturated carbocycles.